The molecule has 0 atom stereocenters. The van der Waals surface area contributed by atoms with Crippen LogP contribution in [0, 0.1) is 5.82 Å². The van der Waals surface area contributed by atoms with Crippen molar-refractivity contribution in [1.29, 1.82) is 0 Å². The average molecular weight is 390 g/mol. The number of hydrogen-bond donors (Lipinski definition) is 1. The summed E-state index contributed by atoms with van der Waals surface area (Å²) in [5.41, 5.74) is 1.81. The summed E-state index contributed by atoms with van der Waals surface area (Å²) in [6, 6.07) is 15.9. The highest BCUT2D eigenvalue weighted by atomic mass is 19.1. The summed E-state index contributed by atoms with van der Waals surface area (Å²) in [6.07, 6.45) is 3.57. The van der Waals surface area contributed by atoms with Gasteiger partial charge < -0.3 is 9.72 Å². The van der Waals surface area contributed by atoms with Gasteiger partial charge in [-0.2, -0.15) is 0 Å². The van der Waals surface area contributed by atoms with Crippen LogP contribution in [0.3, 0.4) is 0 Å². The first-order chi connectivity index (χ1) is 14.2. The fourth-order valence-corrected chi connectivity index (χ4v) is 3.61. The fourth-order valence-electron chi connectivity index (χ4n) is 3.61. The molecule has 6 nitrogen and oxygen atoms in total. The number of likely N-dealkylation sites (tertiary alicyclic amines) is 1. The van der Waals surface area contributed by atoms with Crippen molar-refractivity contribution in [1.82, 2.24) is 19.3 Å². The van der Waals surface area contributed by atoms with Crippen molar-refractivity contribution in [2.75, 3.05) is 13.1 Å². The highest BCUT2D eigenvalue weighted by Gasteiger charge is 2.28. The Hall–Kier alpha value is -3.45. The number of benzene rings is 2. The van der Waals surface area contributed by atoms with Gasteiger partial charge in [0.05, 0.1) is 6.20 Å². The van der Waals surface area contributed by atoms with Gasteiger partial charge in [0.15, 0.2) is 0 Å². The van der Waals surface area contributed by atoms with E-state index in [0.717, 1.165) is 30.1 Å². The maximum atomic E-state index is 13.2. The van der Waals surface area contributed by atoms with E-state index < -0.39 is 0 Å². The summed E-state index contributed by atoms with van der Waals surface area (Å²) >= 11 is 0. The maximum absolute atomic E-state index is 13.2. The summed E-state index contributed by atoms with van der Waals surface area (Å²) in [5.74, 6) is 1.17. The number of imidazole rings is 1. The Morgan fingerprint density at radius 1 is 1.10 bits per heavy atom. The molecule has 146 valence electrons. The Bertz CT molecular complexity index is 1200. The molecule has 0 radical (unpaired) electrons. The fraction of sp³-hybridized carbons (Fsp3) is 0.182. The number of aromatic nitrogens is 3. The predicted molar refractivity (Wildman–Crippen MR) is 107 cm³/mol. The third kappa shape index (κ3) is 3.52. The molecule has 5 rings (SSSR count). The van der Waals surface area contributed by atoms with Crippen LogP contribution in [0.2, 0.25) is 0 Å². The number of H-pyrrole nitrogens is 1. The number of halogens is 1. The van der Waals surface area contributed by atoms with Gasteiger partial charge in [-0.25, -0.2) is 9.37 Å². The second-order valence-electron chi connectivity index (χ2n) is 7.20. The minimum atomic E-state index is -0.307. The maximum Gasteiger partial charge on any atom is 0.274 e. The van der Waals surface area contributed by atoms with Gasteiger partial charge in [0.2, 0.25) is 0 Å². The molecule has 1 aliphatic rings. The van der Waals surface area contributed by atoms with Crippen LogP contribution in [0.4, 0.5) is 4.39 Å². The van der Waals surface area contributed by atoms with Crippen molar-refractivity contribution in [3.63, 3.8) is 0 Å². The smallest absolute Gasteiger partial charge is 0.274 e. The second kappa shape index (κ2) is 7.18. The van der Waals surface area contributed by atoms with Gasteiger partial charge >= 0.3 is 0 Å². The minimum absolute atomic E-state index is 0.149. The van der Waals surface area contributed by atoms with E-state index in [1.165, 1.54) is 18.3 Å². The molecule has 2 aromatic heterocycles. The first-order valence-electron chi connectivity index (χ1n) is 9.45. The van der Waals surface area contributed by atoms with Crippen molar-refractivity contribution in [3.8, 4) is 17.1 Å². The Kier molecular flexibility index (Phi) is 4.37. The SMILES string of the molecule is O=c1[nH]c(CN2CC(Oc3ccccc3)C2)cn2c(-c3ccc(F)cc3)ncc12. The highest BCUT2D eigenvalue weighted by Crippen LogP contribution is 2.21. The summed E-state index contributed by atoms with van der Waals surface area (Å²) in [7, 11) is 0. The van der Waals surface area contributed by atoms with E-state index >= 15 is 0 Å². The van der Waals surface area contributed by atoms with Crippen molar-refractivity contribution < 1.29 is 9.13 Å². The Labute approximate surface area is 166 Å². The van der Waals surface area contributed by atoms with Crippen LogP contribution in [0.25, 0.3) is 16.9 Å². The van der Waals surface area contributed by atoms with E-state index in [1.807, 2.05) is 36.5 Å². The van der Waals surface area contributed by atoms with Gasteiger partial charge in [0.1, 0.15) is 29.0 Å². The van der Waals surface area contributed by atoms with Crippen LogP contribution < -0.4 is 10.3 Å². The first-order valence-corrected chi connectivity index (χ1v) is 9.45. The van der Waals surface area contributed by atoms with E-state index in [9.17, 15) is 9.18 Å². The third-order valence-electron chi connectivity index (χ3n) is 5.05. The molecule has 0 spiro atoms. The van der Waals surface area contributed by atoms with E-state index in [-0.39, 0.29) is 17.5 Å². The van der Waals surface area contributed by atoms with E-state index in [0.29, 0.717) is 17.9 Å². The van der Waals surface area contributed by atoms with E-state index in [4.69, 9.17) is 4.74 Å². The van der Waals surface area contributed by atoms with Gasteiger partial charge in [-0.3, -0.25) is 14.1 Å². The molecule has 1 fully saturated rings. The number of ether oxygens (including phenoxy) is 1. The van der Waals surface area contributed by atoms with Gasteiger partial charge in [-0.1, -0.05) is 18.2 Å². The summed E-state index contributed by atoms with van der Waals surface area (Å²) in [4.78, 5) is 22.0. The summed E-state index contributed by atoms with van der Waals surface area (Å²) in [6.45, 7) is 2.20. The summed E-state index contributed by atoms with van der Waals surface area (Å²) in [5, 5.41) is 0. The third-order valence-corrected chi connectivity index (χ3v) is 5.05. The lowest BCUT2D eigenvalue weighted by molar-refractivity contribution is 0.0137. The number of nitrogens with zero attached hydrogens (tertiary/aromatic N) is 3. The van der Waals surface area contributed by atoms with Gasteiger partial charge in [0, 0.05) is 37.1 Å². The van der Waals surface area contributed by atoms with Crippen LogP contribution >= 0.6 is 0 Å². The molecule has 1 saturated heterocycles. The Morgan fingerprint density at radius 2 is 1.86 bits per heavy atom. The first kappa shape index (κ1) is 17.6. The van der Waals surface area contributed by atoms with Crippen molar-refractivity contribution >= 4 is 5.52 Å². The number of aromatic amines is 1. The Balaban J connectivity index is 1.33. The lowest BCUT2D eigenvalue weighted by atomic mass is 10.1. The lowest BCUT2D eigenvalue weighted by Gasteiger charge is -2.38. The molecule has 4 aromatic rings. The average Bonchev–Trinajstić information content (AvgIpc) is 3.12. The number of hydrogen-bond acceptors (Lipinski definition) is 4. The molecule has 3 heterocycles. The topological polar surface area (TPSA) is 62.6 Å². The molecule has 1 N–H and O–H groups in total. The molecule has 29 heavy (non-hydrogen) atoms. The lowest BCUT2D eigenvalue weighted by Crippen LogP contribution is -2.53. The number of rotatable bonds is 5. The molecule has 0 bridgehead atoms. The van der Waals surface area contributed by atoms with Crippen molar-refractivity contribution in [2.45, 2.75) is 12.6 Å². The number of fused-ring (bicyclic) bond motifs is 1. The van der Waals surface area contributed by atoms with Crippen LogP contribution in [0.1, 0.15) is 5.69 Å². The molecule has 0 aliphatic carbocycles. The summed E-state index contributed by atoms with van der Waals surface area (Å²) < 4.78 is 20.9. The molecular formula is C22H19FN4O2. The molecule has 0 amide bonds. The van der Waals surface area contributed by atoms with Crippen LogP contribution in [-0.2, 0) is 6.54 Å². The predicted octanol–water partition coefficient (Wildman–Crippen LogP) is 3.09. The van der Waals surface area contributed by atoms with Crippen molar-refractivity contribution in [3.05, 3.63) is 88.9 Å². The van der Waals surface area contributed by atoms with Crippen LogP contribution in [-0.4, -0.2) is 38.5 Å². The number of nitrogens with one attached hydrogen (secondary N) is 1. The number of para-hydroxylation sites is 1. The second-order valence-corrected chi connectivity index (χ2v) is 7.20. The standard InChI is InChI=1S/C22H19FN4O2/c23-16-8-6-15(7-9-16)21-24-10-20-22(28)25-17(12-27(20)21)11-26-13-19(14-26)29-18-4-2-1-3-5-18/h1-10,12,19H,11,13-14H2,(H,25,28). The highest BCUT2D eigenvalue weighted by molar-refractivity contribution is 5.61. The van der Waals surface area contributed by atoms with E-state index in [1.54, 1.807) is 16.5 Å². The molecule has 0 saturated carbocycles. The molecule has 7 heteroatoms. The molecular weight excluding hydrogens is 371 g/mol. The van der Waals surface area contributed by atoms with Crippen LogP contribution in [0.5, 0.6) is 5.75 Å². The van der Waals surface area contributed by atoms with Crippen LogP contribution in [0.15, 0.2) is 71.8 Å². The zero-order chi connectivity index (χ0) is 19.8. The molecule has 2 aromatic carbocycles. The molecule has 1 aliphatic heterocycles. The van der Waals surface area contributed by atoms with Gasteiger partial charge in [-0.05, 0) is 36.4 Å². The zero-order valence-electron chi connectivity index (χ0n) is 15.6. The minimum Gasteiger partial charge on any atom is -0.488 e. The van der Waals surface area contributed by atoms with Gasteiger partial charge in [-0.15, -0.1) is 0 Å². The normalized spacial score (nSPS) is 14.8. The van der Waals surface area contributed by atoms with Gasteiger partial charge in [0.25, 0.3) is 5.56 Å². The van der Waals surface area contributed by atoms with Crippen molar-refractivity contribution in [2.24, 2.45) is 0 Å². The Morgan fingerprint density at radius 3 is 2.62 bits per heavy atom. The quantitative estimate of drug-likeness (QED) is 0.569. The zero-order valence-corrected chi connectivity index (χ0v) is 15.6. The largest absolute Gasteiger partial charge is 0.488 e. The monoisotopic (exact) mass is 390 g/mol. The van der Waals surface area contributed by atoms with E-state index in [2.05, 4.69) is 14.9 Å². The molecule has 0 unspecified atom stereocenters.